The van der Waals surface area contributed by atoms with E-state index in [1.54, 1.807) is 0 Å². The molecule has 1 aliphatic carbocycles. The summed E-state index contributed by atoms with van der Waals surface area (Å²) in [6.45, 7) is 9.02. The first-order chi connectivity index (χ1) is 10.1. The number of nitrogens with zero attached hydrogens (tertiary/aromatic N) is 3. The lowest BCUT2D eigenvalue weighted by Gasteiger charge is -2.43. The number of likely N-dealkylation sites (N-methyl/N-ethyl adjacent to an activating group) is 1. The molecule has 1 N–H and O–H groups in total. The highest BCUT2D eigenvalue weighted by Gasteiger charge is 2.39. The third-order valence-corrected chi connectivity index (χ3v) is 5.22. The first kappa shape index (κ1) is 16.7. The quantitative estimate of drug-likeness (QED) is 0.863. The highest BCUT2D eigenvalue weighted by atomic mass is 15.3. The normalized spacial score (nSPS) is 36.1. The molecule has 0 bridgehead atoms. The molecule has 1 saturated carbocycles. The minimum Gasteiger partial charge on any atom is -0.305 e. The third kappa shape index (κ3) is 4.18. The average molecular weight is 292 g/mol. The molecule has 3 unspecified atom stereocenters. The molecule has 1 saturated heterocycles. The van der Waals surface area contributed by atoms with Gasteiger partial charge in [-0.2, -0.15) is 5.26 Å². The van der Waals surface area contributed by atoms with E-state index in [-0.39, 0.29) is 5.54 Å². The second-order valence-corrected chi connectivity index (χ2v) is 7.07. The molecule has 0 spiro atoms. The van der Waals surface area contributed by atoms with Crippen LogP contribution in [0.4, 0.5) is 0 Å². The first-order valence-corrected chi connectivity index (χ1v) is 8.71. The number of hydrogen-bond donors (Lipinski definition) is 1. The Morgan fingerprint density at radius 1 is 1.33 bits per heavy atom. The Morgan fingerprint density at radius 2 is 2.14 bits per heavy atom. The van der Waals surface area contributed by atoms with Crippen LogP contribution in [0.25, 0.3) is 0 Å². The topological polar surface area (TPSA) is 42.3 Å². The number of rotatable bonds is 4. The van der Waals surface area contributed by atoms with Crippen molar-refractivity contribution in [2.24, 2.45) is 0 Å². The highest BCUT2D eigenvalue weighted by molar-refractivity contribution is 5.11. The van der Waals surface area contributed by atoms with E-state index in [0.29, 0.717) is 12.1 Å². The maximum atomic E-state index is 9.71. The minimum absolute atomic E-state index is 0.281. The van der Waals surface area contributed by atoms with Gasteiger partial charge in [0.15, 0.2) is 0 Å². The van der Waals surface area contributed by atoms with Gasteiger partial charge in [-0.05, 0) is 72.1 Å². The fourth-order valence-electron chi connectivity index (χ4n) is 4.13. The molecule has 21 heavy (non-hydrogen) atoms. The van der Waals surface area contributed by atoms with Gasteiger partial charge in [0.1, 0.15) is 5.54 Å². The van der Waals surface area contributed by atoms with Gasteiger partial charge >= 0.3 is 0 Å². The molecule has 0 aromatic heterocycles. The van der Waals surface area contributed by atoms with Gasteiger partial charge in [-0.1, -0.05) is 6.92 Å². The van der Waals surface area contributed by atoms with Crippen LogP contribution in [0.5, 0.6) is 0 Å². The first-order valence-electron chi connectivity index (χ1n) is 8.71. The van der Waals surface area contributed by atoms with Gasteiger partial charge in [-0.3, -0.25) is 10.2 Å². The minimum atomic E-state index is -0.281. The van der Waals surface area contributed by atoms with Gasteiger partial charge < -0.3 is 4.90 Å². The van der Waals surface area contributed by atoms with E-state index in [2.05, 4.69) is 42.1 Å². The largest absolute Gasteiger partial charge is 0.305 e. The summed E-state index contributed by atoms with van der Waals surface area (Å²) in [6, 6.07) is 3.79. The fraction of sp³-hybridized carbons (Fsp3) is 0.941. The van der Waals surface area contributed by atoms with Crippen molar-refractivity contribution in [3.8, 4) is 6.07 Å². The Balaban J connectivity index is 2.03. The summed E-state index contributed by atoms with van der Waals surface area (Å²) in [5.74, 6) is 0. The third-order valence-electron chi connectivity index (χ3n) is 5.22. The maximum Gasteiger partial charge on any atom is 0.108 e. The Labute approximate surface area is 130 Å². The lowest BCUT2D eigenvalue weighted by atomic mass is 9.79. The van der Waals surface area contributed by atoms with Gasteiger partial charge in [0, 0.05) is 18.6 Å². The smallest absolute Gasteiger partial charge is 0.108 e. The number of hydrogen-bond acceptors (Lipinski definition) is 4. The number of nitriles is 1. The van der Waals surface area contributed by atoms with Crippen molar-refractivity contribution in [2.45, 2.75) is 70.0 Å². The van der Waals surface area contributed by atoms with E-state index in [0.717, 1.165) is 32.4 Å². The zero-order valence-corrected chi connectivity index (χ0v) is 14.1. The van der Waals surface area contributed by atoms with Gasteiger partial charge in [0.2, 0.25) is 0 Å². The fourth-order valence-corrected chi connectivity index (χ4v) is 4.13. The number of nitrogens with one attached hydrogen (secondary N) is 1. The zero-order chi connectivity index (χ0) is 15.3. The summed E-state index contributed by atoms with van der Waals surface area (Å²) >= 11 is 0. The summed E-state index contributed by atoms with van der Waals surface area (Å²) in [6.07, 6.45) is 6.79. The highest BCUT2D eigenvalue weighted by Crippen LogP contribution is 2.32. The van der Waals surface area contributed by atoms with E-state index >= 15 is 0 Å². The van der Waals surface area contributed by atoms with Crippen molar-refractivity contribution in [3.05, 3.63) is 0 Å². The molecular weight excluding hydrogens is 260 g/mol. The standard InChI is InChI=1S/C17H32N4/c1-4-9-19-17(14-18)8-5-7-16(12-17)21-11-6-10-20(3)13-15(21)2/h15-16,19H,4-13H2,1-3H3. The van der Waals surface area contributed by atoms with Gasteiger partial charge in [-0.15, -0.1) is 0 Å². The molecule has 3 atom stereocenters. The van der Waals surface area contributed by atoms with Gasteiger partial charge in [0.25, 0.3) is 0 Å². The van der Waals surface area contributed by atoms with Crippen molar-refractivity contribution >= 4 is 0 Å². The van der Waals surface area contributed by atoms with Gasteiger partial charge in [-0.25, -0.2) is 0 Å². The van der Waals surface area contributed by atoms with Crippen molar-refractivity contribution < 1.29 is 0 Å². The SMILES string of the molecule is CCCNC1(C#N)CCCC(N2CCCN(C)CC2C)C1. The molecule has 0 amide bonds. The van der Waals surface area contributed by atoms with Gasteiger partial charge in [0.05, 0.1) is 6.07 Å². The van der Waals surface area contributed by atoms with Crippen LogP contribution in [0, 0.1) is 11.3 Å². The molecule has 2 rings (SSSR count). The lowest BCUT2D eigenvalue weighted by Crippen LogP contribution is -2.55. The predicted molar refractivity (Wildman–Crippen MR) is 87.2 cm³/mol. The Kier molecular flexibility index (Phi) is 6.04. The summed E-state index contributed by atoms with van der Waals surface area (Å²) < 4.78 is 0. The Hall–Kier alpha value is -0.630. The molecule has 120 valence electrons. The summed E-state index contributed by atoms with van der Waals surface area (Å²) in [7, 11) is 2.23. The maximum absolute atomic E-state index is 9.71. The van der Waals surface area contributed by atoms with E-state index in [1.165, 1.54) is 32.4 Å². The zero-order valence-electron chi connectivity index (χ0n) is 14.1. The molecule has 0 aromatic rings. The van der Waals surface area contributed by atoms with Crippen LogP contribution in [-0.4, -0.2) is 60.6 Å². The summed E-state index contributed by atoms with van der Waals surface area (Å²) in [4.78, 5) is 5.13. The molecule has 0 radical (unpaired) electrons. The summed E-state index contributed by atoms with van der Waals surface area (Å²) in [5.41, 5.74) is -0.281. The molecule has 0 aromatic carbocycles. The molecule has 1 heterocycles. The van der Waals surface area contributed by atoms with Crippen molar-refractivity contribution in [2.75, 3.05) is 33.2 Å². The van der Waals surface area contributed by atoms with Crippen LogP contribution in [0.2, 0.25) is 0 Å². The molecule has 4 heteroatoms. The average Bonchev–Trinajstić information content (AvgIpc) is 2.66. The molecule has 2 fully saturated rings. The van der Waals surface area contributed by atoms with E-state index in [9.17, 15) is 5.26 Å². The van der Waals surface area contributed by atoms with Crippen molar-refractivity contribution in [1.29, 1.82) is 5.26 Å². The van der Waals surface area contributed by atoms with Crippen molar-refractivity contribution in [1.82, 2.24) is 15.1 Å². The second kappa shape index (κ2) is 7.58. The van der Waals surface area contributed by atoms with Crippen LogP contribution in [0.15, 0.2) is 0 Å². The predicted octanol–water partition coefficient (Wildman–Crippen LogP) is 2.22. The van der Waals surface area contributed by atoms with E-state index in [4.69, 9.17) is 0 Å². The Bertz CT molecular complexity index is 364. The van der Waals surface area contributed by atoms with Crippen LogP contribution in [0.1, 0.15) is 52.4 Å². The van der Waals surface area contributed by atoms with E-state index in [1.807, 2.05) is 0 Å². The van der Waals surface area contributed by atoms with Crippen molar-refractivity contribution in [3.63, 3.8) is 0 Å². The van der Waals surface area contributed by atoms with E-state index < -0.39 is 0 Å². The molecule has 4 nitrogen and oxygen atoms in total. The van der Waals surface area contributed by atoms with Crippen LogP contribution in [0.3, 0.4) is 0 Å². The molecular formula is C17H32N4. The lowest BCUT2D eigenvalue weighted by molar-refractivity contribution is 0.0872. The monoisotopic (exact) mass is 292 g/mol. The Morgan fingerprint density at radius 3 is 2.86 bits per heavy atom. The van der Waals surface area contributed by atoms with Crippen LogP contribution < -0.4 is 5.32 Å². The van der Waals surface area contributed by atoms with Crippen LogP contribution in [-0.2, 0) is 0 Å². The molecule has 1 aliphatic heterocycles. The molecule has 2 aliphatic rings. The summed E-state index contributed by atoms with van der Waals surface area (Å²) in [5, 5.41) is 13.3. The second-order valence-electron chi connectivity index (χ2n) is 7.07. The van der Waals surface area contributed by atoms with Crippen LogP contribution >= 0.6 is 0 Å².